The van der Waals surface area contributed by atoms with Crippen molar-refractivity contribution in [3.05, 3.63) is 85.1 Å². The van der Waals surface area contributed by atoms with Gasteiger partial charge in [0, 0.05) is 9.86 Å². The van der Waals surface area contributed by atoms with E-state index in [4.69, 9.17) is 4.42 Å². The Labute approximate surface area is 148 Å². The van der Waals surface area contributed by atoms with Crippen LogP contribution in [0.15, 0.2) is 72.8 Å². The van der Waals surface area contributed by atoms with Crippen LogP contribution in [0, 0.1) is 0 Å². The lowest BCUT2D eigenvalue weighted by Crippen LogP contribution is -2.12. The lowest BCUT2D eigenvalue weighted by atomic mass is 10.1. The van der Waals surface area contributed by atoms with Gasteiger partial charge in [0.25, 0.3) is 0 Å². The molecular weight excluding hydrogens is 424 g/mol. The van der Waals surface area contributed by atoms with Crippen molar-refractivity contribution < 1.29 is 9.21 Å². The Bertz CT molecular complexity index is 973. The Hall–Kier alpha value is -1.98. The number of halogens is 2. The van der Waals surface area contributed by atoms with E-state index in [2.05, 4.69) is 31.9 Å². The van der Waals surface area contributed by atoms with Gasteiger partial charge in [0.2, 0.25) is 0 Å². The first-order valence-electron chi connectivity index (χ1n) is 6.75. The lowest BCUT2D eigenvalue weighted by molar-refractivity contribution is 0.104. The van der Waals surface area contributed by atoms with E-state index >= 15 is 0 Å². The van der Waals surface area contributed by atoms with Crippen molar-refractivity contribution >= 4 is 54.7 Å². The van der Waals surface area contributed by atoms with Gasteiger partial charge in [-0.1, -0.05) is 52.3 Å². The average molecular weight is 434 g/mol. The molecule has 0 saturated carbocycles. The first-order chi connectivity index (χ1) is 11.0. The van der Waals surface area contributed by atoms with E-state index in [1.165, 1.54) is 6.08 Å². The first kappa shape index (κ1) is 15.9. The molecule has 114 valence electrons. The number of rotatable bonds is 3. The van der Waals surface area contributed by atoms with Gasteiger partial charge >= 0.3 is 5.63 Å². The van der Waals surface area contributed by atoms with Gasteiger partial charge < -0.3 is 4.42 Å². The molecule has 0 N–H and O–H groups in total. The number of benzene rings is 2. The summed E-state index contributed by atoms with van der Waals surface area (Å²) in [5.74, 6) is -0.388. The van der Waals surface area contributed by atoms with Crippen molar-refractivity contribution in [2.75, 3.05) is 0 Å². The summed E-state index contributed by atoms with van der Waals surface area (Å²) < 4.78 is 6.75. The molecule has 0 aliphatic heterocycles. The third kappa shape index (κ3) is 3.51. The van der Waals surface area contributed by atoms with E-state index in [1.807, 2.05) is 30.3 Å². The minimum absolute atomic E-state index is 0.00896. The van der Waals surface area contributed by atoms with Gasteiger partial charge in [0.05, 0.1) is 4.47 Å². The molecule has 5 heteroatoms. The SMILES string of the molecule is O=C(C=Cc1ccccc1)c1cc2cc(Br)cc(Br)c2oc1=O. The van der Waals surface area contributed by atoms with Crippen LogP contribution in [0.25, 0.3) is 17.0 Å². The zero-order valence-corrected chi connectivity index (χ0v) is 14.9. The largest absolute Gasteiger partial charge is 0.421 e. The van der Waals surface area contributed by atoms with Crippen molar-refractivity contribution in [3.8, 4) is 0 Å². The van der Waals surface area contributed by atoms with Gasteiger partial charge in [-0.05, 0) is 45.8 Å². The zero-order chi connectivity index (χ0) is 16.4. The van der Waals surface area contributed by atoms with Gasteiger partial charge in [-0.25, -0.2) is 4.79 Å². The fourth-order valence-electron chi connectivity index (χ4n) is 2.15. The highest BCUT2D eigenvalue weighted by Crippen LogP contribution is 2.28. The number of hydrogen-bond donors (Lipinski definition) is 0. The standard InChI is InChI=1S/C18H10Br2O3/c19-13-8-12-9-14(18(22)23-17(12)15(20)10-13)16(21)7-6-11-4-2-1-3-5-11/h1-10H. The lowest BCUT2D eigenvalue weighted by Gasteiger charge is -2.02. The Morgan fingerprint density at radius 2 is 1.78 bits per heavy atom. The number of carbonyl (C=O) groups is 1. The number of carbonyl (C=O) groups excluding carboxylic acids is 1. The molecule has 1 heterocycles. The first-order valence-corrected chi connectivity index (χ1v) is 8.33. The highest BCUT2D eigenvalue weighted by Gasteiger charge is 2.13. The number of allylic oxidation sites excluding steroid dienone is 1. The van der Waals surface area contributed by atoms with Crippen LogP contribution in [0.4, 0.5) is 0 Å². The molecule has 0 fully saturated rings. The van der Waals surface area contributed by atoms with Gasteiger partial charge in [0.15, 0.2) is 11.4 Å². The molecule has 1 aromatic heterocycles. The van der Waals surface area contributed by atoms with Crippen LogP contribution in [0.1, 0.15) is 15.9 Å². The molecule has 0 saturated heterocycles. The summed E-state index contributed by atoms with van der Waals surface area (Å²) in [4.78, 5) is 24.4. The number of ketones is 1. The van der Waals surface area contributed by atoms with E-state index in [0.29, 0.717) is 15.4 Å². The molecule has 3 aromatic rings. The molecule has 0 aliphatic rings. The maximum absolute atomic E-state index is 12.3. The van der Waals surface area contributed by atoms with Crippen LogP contribution >= 0.6 is 31.9 Å². The highest BCUT2D eigenvalue weighted by molar-refractivity contribution is 9.11. The van der Waals surface area contributed by atoms with Crippen molar-refractivity contribution in [1.29, 1.82) is 0 Å². The molecule has 2 aromatic carbocycles. The fraction of sp³-hybridized carbons (Fsp3) is 0. The maximum atomic E-state index is 12.3. The summed E-state index contributed by atoms with van der Waals surface area (Å²) in [5, 5.41) is 0.669. The molecule has 3 nitrogen and oxygen atoms in total. The minimum atomic E-state index is -0.650. The van der Waals surface area contributed by atoms with Crippen LogP contribution in [-0.4, -0.2) is 5.78 Å². The van der Waals surface area contributed by atoms with Crippen molar-refractivity contribution in [3.63, 3.8) is 0 Å². The van der Waals surface area contributed by atoms with E-state index < -0.39 is 5.63 Å². The smallest absolute Gasteiger partial charge is 0.347 e. The van der Waals surface area contributed by atoms with Crippen molar-refractivity contribution in [2.24, 2.45) is 0 Å². The molecule has 0 atom stereocenters. The van der Waals surface area contributed by atoms with E-state index in [0.717, 1.165) is 10.0 Å². The summed E-state index contributed by atoms with van der Waals surface area (Å²) >= 11 is 6.72. The third-order valence-corrected chi connectivity index (χ3v) is 4.29. The Morgan fingerprint density at radius 1 is 1.04 bits per heavy atom. The molecule has 0 aliphatic carbocycles. The molecule has 0 radical (unpaired) electrons. The van der Waals surface area contributed by atoms with Crippen molar-refractivity contribution in [2.45, 2.75) is 0 Å². The van der Waals surface area contributed by atoms with Crippen LogP contribution in [0.3, 0.4) is 0 Å². The Morgan fingerprint density at radius 3 is 2.52 bits per heavy atom. The average Bonchev–Trinajstić information content (AvgIpc) is 2.54. The van der Waals surface area contributed by atoms with Gasteiger partial charge in [0.1, 0.15) is 5.56 Å². The molecule has 0 amide bonds. The summed E-state index contributed by atoms with van der Waals surface area (Å²) in [6.07, 6.45) is 3.04. The normalized spacial score (nSPS) is 11.2. The van der Waals surface area contributed by atoms with Gasteiger partial charge in [-0.15, -0.1) is 0 Å². The maximum Gasteiger partial charge on any atom is 0.347 e. The highest BCUT2D eigenvalue weighted by atomic mass is 79.9. The molecule has 23 heavy (non-hydrogen) atoms. The van der Waals surface area contributed by atoms with E-state index in [9.17, 15) is 9.59 Å². The minimum Gasteiger partial charge on any atom is -0.421 e. The van der Waals surface area contributed by atoms with Crippen LogP contribution in [0.5, 0.6) is 0 Å². The van der Waals surface area contributed by atoms with Crippen LogP contribution in [-0.2, 0) is 0 Å². The molecule has 0 bridgehead atoms. The van der Waals surface area contributed by atoms with Crippen LogP contribution in [0.2, 0.25) is 0 Å². The zero-order valence-electron chi connectivity index (χ0n) is 11.8. The molecule has 0 spiro atoms. The monoisotopic (exact) mass is 432 g/mol. The van der Waals surface area contributed by atoms with Crippen LogP contribution < -0.4 is 5.63 Å². The Kier molecular flexibility index (Phi) is 4.59. The second kappa shape index (κ2) is 6.64. The predicted molar refractivity (Wildman–Crippen MR) is 97.7 cm³/mol. The second-order valence-corrected chi connectivity index (χ2v) is 6.63. The third-order valence-electron chi connectivity index (χ3n) is 3.24. The number of fused-ring (bicyclic) bond motifs is 1. The van der Waals surface area contributed by atoms with E-state index in [-0.39, 0.29) is 11.3 Å². The van der Waals surface area contributed by atoms with Gasteiger partial charge in [-0.3, -0.25) is 4.79 Å². The summed E-state index contributed by atoms with van der Waals surface area (Å²) in [6.45, 7) is 0. The van der Waals surface area contributed by atoms with E-state index in [1.54, 1.807) is 24.3 Å². The molecule has 3 rings (SSSR count). The topological polar surface area (TPSA) is 47.3 Å². The Balaban J connectivity index is 2.02. The second-order valence-electron chi connectivity index (χ2n) is 4.86. The molecule has 0 unspecified atom stereocenters. The summed E-state index contributed by atoms with van der Waals surface area (Å²) in [6, 6.07) is 14.5. The van der Waals surface area contributed by atoms with Gasteiger partial charge in [-0.2, -0.15) is 0 Å². The summed E-state index contributed by atoms with van der Waals surface area (Å²) in [7, 11) is 0. The quantitative estimate of drug-likeness (QED) is 0.323. The predicted octanol–water partition coefficient (Wildman–Crippen LogP) is 5.21. The molecular formula is C18H10Br2O3. The summed E-state index contributed by atoms with van der Waals surface area (Å²) in [5.41, 5.74) is 0.663. The number of hydrogen-bond acceptors (Lipinski definition) is 3. The fourth-order valence-corrected chi connectivity index (χ4v) is 3.49. The van der Waals surface area contributed by atoms with Crippen molar-refractivity contribution in [1.82, 2.24) is 0 Å².